The summed E-state index contributed by atoms with van der Waals surface area (Å²) in [6.07, 6.45) is 1.41. The molecule has 4 heterocycles. The molecule has 4 unspecified atom stereocenters. The third kappa shape index (κ3) is 2.49. The second-order valence-electron chi connectivity index (χ2n) is 10.1. The second kappa shape index (κ2) is 7.33. The lowest BCUT2D eigenvalue weighted by Crippen LogP contribution is -2.55. The molecule has 184 valence electrons. The minimum Gasteiger partial charge on any atom is -0.325 e. The molecule has 0 bridgehead atoms. The SMILES string of the molecule is O=C(c1cccc([N+](=O)[O-])c1)C1C2(C(=O)Nc3ccccc32)C2CCCN2C12C(=O)Nc1ccccc12. The minimum absolute atomic E-state index is 0.105. The van der Waals surface area contributed by atoms with Gasteiger partial charge in [0.2, 0.25) is 11.8 Å². The van der Waals surface area contributed by atoms with Crippen LogP contribution >= 0.6 is 0 Å². The summed E-state index contributed by atoms with van der Waals surface area (Å²) in [7, 11) is 0. The van der Waals surface area contributed by atoms with Crippen molar-refractivity contribution in [3.05, 3.63) is 99.6 Å². The highest BCUT2D eigenvalue weighted by molar-refractivity contribution is 6.18. The Labute approximate surface area is 211 Å². The molecule has 4 atom stereocenters. The van der Waals surface area contributed by atoms with Crippen LogP contribution in [-0.4, -0.2) is 40.0 Å². The molecule has 0 radical (unpaired) electrons. The number of ketones is 1. The number of benzene rings is 3. The fraction of sp³-hybridized carbons (Fsp3) is 0.250. The first-order valence-corrected chi connectivity index (χ1v) is 12.3. The van der Waals surface area contributed by atoms with Crippen molar-refractivity contribution in [3.63, 3.8) is 0 Å². The molecule has 4 aliphatic heterocycles. The average Bonchev–Trinajstić information content (AvgIpc) is 3.62. The molecule has 3 aromatic rings. The molecule has 37 heavy (non-hydrogen) atoms. The van der Waals surface area contributed by atoms with Gasteiger partial charge in [0.1, 0.15) is 11.0 Å². The number of carbonyl (C=O) groups excluding carboxylic acids is 3. The zero-order valence-electron chi connectivity index (χ0n) is 19.6. The van der Waals surface area contributed by atoms with Crippen LogP contribution in [0.15, 0.2) is 72.8 Å². The summed E-state index contributed by atoms with van der Waals surface area (Å²) in [5, 5.41) is 17.5. The largest absolute Gasteiger partial charge is 0.325 e. The Balaban J connectivity index is 1.57. The Morgan fingerprint density at radius 3 is 2.35 bits per heavy atom. The molecule has 4 aliphatic rings. The van der Waals surface area contributed by atoms with Gasteiger partial charge in [-0.1, -0.05) is 48.5 Å². The molecular formula is C28H22N4O5. The molecule has 3 aromatic carbocycles. The smallest absolute Gasteiger partial charge is 0.270 e. The van der Waals surface area contributed by atoms with Crippen molar-refractivity contribution >= 4 is 34.7 Å². The van der Waals surface area contributed by atoms with E-state index in [4.69, 9.17) is 0 Å². The fourth-order valence-electron chi connectivity index (χ4n) is 7.44. The molecule has 7 rings (SSSR count). The third-order valence-corrected chi connectivity index (χ3v) is 8.64. The lowest BCUT2D eigenvalue weighted by molar-refractivity contribution is -0.384. The number of rotatable bonds is 3. The van der Waals surface area contributed by atoms with Gasteiger partial charge in [0.25, 0.3) is 5.69 Å². The highest BCUT2D eigenvalue weighted by Crippen LogP contribution is 2.66. The molecule has 9 heteroatoms. The number of nitrogens with zero attached hydrogens (tertiary/aromatic N) is 2. The van der Waals surface area contributed by atoms with Crippen LogP contribution in [0.3, 0.4) is 0 Å². The summed E-state index contributed by atoms with van der Waals surface area (Å²) >= 11 is 0. The predicted octanol–water partition coefficient (Wildman–Crippen LogP) is 3.61. The average molecular weight is 495 g/mol. The van der Waals surface area contributed by atoms with E-state index in [1.54, 1.807) is 6.07 Å². The quantitative estimate of drug-likeness (QED) is 0.326. The van der Waals surface area contributed by atoms with Gasteiger partial charge in [-0.2, -0.15) is 0 Å². The predicted molar refractivity (Wildman–Crippen MR) is 134 cm³/mol. The van der Waals surface area contributed by atoms with Crippen LogP contribution in [0, 0.1) is 16.0 Å². The van der Waals surface area contributed by atoms with Crippen molar-refractivity contribution < 1.29 is 19.3 Å². The van der Waals surface area contributed by atoms with Crippen molar-refractivity contribution in [2.75, 3.05) is 17.2 Å². The van der Waals surface area contributed by atoms with Crippen LogP contribution in [-0.2, 0) is 20.5 Å². The number of hydrogen-bond donors (Lipinski definition) is 2. The molecule has 2 saturated heterocycles. The van der Waals surface area contributed by atoms with Gasteiger partial charge in [0.15, 0.2) is 5.78 Å². The van der Waals surface area contributed by atoms with E-state index in [9.17, 15) is 24.5 Å². The summed E-state index contributed by atoms with van der Waals surface area (Å²) in [5.74, 6) is -2.27. The van der Waals surface area contributed by atoms with Crippen LogP contribution in [0.1, 0.15) is 34.3 Å². The normalized spacial score (nSPS) is 29.2. The van der Waals surface area contributed by atoms with Crippen LogP contribution < -0.4 is 10.6 Å². The first-order valence-electron chi connectivity index (χ1n) is 12.3. The van der Waals surface area contributed by atoms with Gasteiger partial charge in [0, 0.05) is 40.7 Å². The van der Waals surface area contributed by atoms with Gasteiger partial charge in [-0.15, -0.1) is 0 Å². The molecular weight excluding hydrogens is 472 g/mol. The first kappa shape index (κ1) is 21.9. The van der Waals surface area contributed by atoms with E-state index in [1.807, 2.05) is 42.5 Å². The maximum atomic E-state index is 14.7. The zero-order valence-corrected chi connectivity index (χ0v) is 19.6. The van der Waals surface area contributed by atoms with E-state index in [2.05, 4.69) is 15.5 Å². The topological polar surface area (TPSA) is 122 Å². The number of amides is 2. The maximum Gasteiger partial charge on any atom is 0.270 e. The van der Waals surface area contributed by atoms with Crippen LogP contribution in [0.2, 0.25) is 0 Å². The number of nitrogens with one attached hydrogen (secondary N) is 2. The zero-order chi connectivity index (χ0) is 25.5. The summed E-state index contributed by atoms with van der Waals surface area (Å²) in [5.41, 5.74) is -0.315. The Morgan fingerprint density at radius 1 is 0.919 bits per heavy atom. The lowest BCUT2D eigenvalue weighted by Gasteiger charge is -2.38. The van der Waals surface area contributed by atoms with Gasteiger partial charge in [0.05, 0.1) is 10.8 Å². The summed E-state index contributed by atoms with van der Waals surface area (Å²) in [6, 6.07) is 19.8. The van der Waals surface area contributed by atoms with Crippen LogP contribution in [0.25, 0.3) is 0 Å². The fourth-order valence-corrected chi connectivity index (χ4v) is 7.44. The van der Waals surface area contributed by atoms with E-state index < -0.39 is 33.6 Å². The number of fused-ring (bicyclic) bond motifs is 7. The third-order valence-electron chi connectivity index (χ3n) is 8.64. The van der Waals surface area contributed by atoms with Crippen molar-refractivity contribution in [1.29, 1.82) is 0 Å². The molecule has 0 saturated carbocycles. The van der Waals surface area contributed by atoms with Gasteiger partial charge in [-0.3, -0.25) is 29.4 Å². The highest BCUT2D eigenvalue weighted by atomic mass is 16.6. The van der Waals surface area contributed by atoms with Gasteiger partial charge >= 0.3 is 0 Å². The van der Waals surface area contributed by atoms with Gasteiger partial charge in [-0.05, 0) is 37.1 Å². The van der Waals surface area contributed by atoms with E-state index in [0.717, 1.165) is 6.42 Å². The monoisotopic (exact) mass is 494 g/mol. The molecule has 9 nitrogen and oxygen atoms in total. The Bertz CT molecular complexity index is 1470. The molecule has 0 aliphatic carbocycles. The molecule has 2 spiro atoms. The molecule has 0 aromatic heterocycles. The van der Waals surface area contributed by atoms with E-state index in [1.165, 1.54) is 24.3 Å². The number of nitro benzene ring substituents is 1. The standard InChI is InChI=1S/C28H22N4O5/c33-23(16-7-5-8-17(15-16)32(36)37)24-27(18-9-1-3-11-20(18)29-25(27)34)22-13-6-14-31(22)28(24)19-10-2-4-12-21(19)30-26(28)35/h1-5,7-12,15,22,24H,6,13-14H2,(H,29,34)(H,30,35). The number of hydrogen-bond acceptors (Lipinski definition) is 6. The van der Waals surface area contributed by atoms with Crippen molar-refractivity contribution in [2.45, 2.75) is 29.8 Å². The second-order valence-corrected chi connectivity index (χ2v) is 10.1. The number of anilines is 2. The summed E-state index contributed by atoms with van der Waals surface area (Å²) < 4.78 is 0. The number of carbonyl (C=O) groups is 3. The lowest BCUT2D eigenvalue weighted by atomic mass is 9.60. The van der Waals surface area contributed by atoms with Crippen LogP contribution in [0.4, 0.5) is 17.1 Å². The summed E-state index contributed by atoms with van der Waals surface area (Å²) in [6.45, 7) is 0.544. The molecule has 2 N–H and O–H groups in total. The van der Waals surface area contributed by atoms with Crippen molar-refractivity contribution in [2.24, 2.45) is 5.92 Å². The maximum absolute atomic E-state index is 14.7. The van der Waals surface area contributed by atoms with Crippen molar-refractivity contribution in [1.82, 2.24) is 4.90 Å². The molecule has 2 fully saturated rings. The van der Waals surface area contributed by atoms with E-state index >= 15 is 0 Å². The number of nitro groups is 1. The van der Waals surface area contributed by atoms with E-state index in [0.29, 0.717) is 35.5 Å². The Morgan fingerprint density at radius 2 is 1.59 bits per heavy atom. The highest BCUT2D eigenvalue weighted by Gasteiger charge is 2.78. The Hall–Kier alpha value is -4.37. The number of para-hydroxylation sites is 2. The van der Waals surface area contributed by atoms with Gasteiger partial charge in [-0.25, -0.2) is 0 Å². The Kier molecular flexibility index (Phi) is 4.33. The van der Waals surface area contributed by atoms with Crippen LogP contribution in [0.5, 0.6) is 0 Å². The minimum atomic E-state index is -1.44. The van der Waals surface area contributed by atoms with Crippen molar-refractivity contribution in [3.8, 4) is 0 Å². The van der Waals surface area contributed by atoms with Gasteiger partial charge < -0.3 is 10.6 Å². The number of Topliss-reactive ketones (excluding diaryl/α,β-unsaturated/α-hetero) is 1. The number of non-ortho nitro benzene ring substituents is 1. The first-order chi connectivity index (χ1) is 17.9. The molecule has 2 amide bonds. The van der Waals surface area contributed by atoms with E-state index in [-0.39, 0.29) is 23.1 Å². The summed E-state index contributed by atoms with van der Waals surface area (Å²) in [4.78, 5) is 56.0.